The fourth-order valence-electron chi connectivity index (χ4n) is 0.792. The van der Waals surface area contributed by atoms with Gasteiger partial charge in [-0.15, -0.1) is 0 Å². The summed E-state index contributed by atoms with van der Waals surface area (Å²) in [7, 11) is 0. The predicted molar refractivity (Wildman–Crippen MR) is 41.0 cm³/mol. The van der Waals surface area contributed by atoms with Crippen LogP contribution in [0, 0.1) is 13.8 Å². The van der Waals surface area contributed by atoms with Crippen molar-refractivity contribution in [3.8, 4) is 0 Å². The lowest BCUT2D eigenvalue weighted by atomic mass is 10.2. The van der Waals surface area contributed by atoms with Crippen molar-refractivity contribution in [1.82, 2.24) is 4.37 Å². The highest BCUT2D eigenvalue weighted by Crippen LogP contribution is 2.16. The maximum Gasteiger partial charge on any atom is 0.0543 e. The van der Waals surface area contributed by atoms with Gasteiger partial charge in [-0.2, -0.15) is 4.37 Å². The van der Waals surface area contributed by atoms with E-state index in [1.165, 1.54) is 16.1 Å². The lowest BCUT2D eigenvalue weighted by molar-refractivity contribution is 1.14. The van der Waals surface area contributed by atoms with Crippen LogP contribution in [0.1, 0.15) is 23.1 Å². The Morgan fingerprint density at radius 1 is 1.44 bits per heavy atom. The van der Waals surface area contributed by atoms with E-state index in [1.807, 2.05) is 0 Å². The van der Waals surface area contributed by atoms with E-state index in [2.05, 4.69) is 25.1 Å². The number of rotatable bonds is 1. The van der Waals surface area contributed by atoms with Crippen molar-refractivity contribution in [3.63, 3.8) is 0 Å². The number of aromatic nitrogens is 1. The largest absolute Gasteiger partial charge is 0.197 e. The Labute approximate surface area is 59.9 Å². The smallest absolute Gasteiger partial charge is 0.0543 e. The van der Waals surface area contributed by atoms with Gasteiger partial charge < -0.3 is 0 Å². The van der Waals surface area contributed by atoms with Crippen LogP contribution < -0.4 is 0 Å². The molecule has 0 saturated heterocycles. The van der Waals surface area contributed by atoms with Gasteiger partial charge in [-0.3, -0.25) is 0 Å². The maximum atomic E-state index is 4.23. The minimum Gasteiger partial charge on any atom is -0.197 e. The van der Waals surface area contributed by atoms with Crippen LogP contribution >= 0.6 is 11.5 Å². The van der Waals surface area contributed by atoms with E-state index in [0.717, 1.165) is 6.42 Å². The van der Waals surface area contributed by atoms with E-state index in [1.54, 1.807) is 11.5 Å². The third-order valence-corrected chi connectivity index (χ3v) is 2.76. The molecule has 0 amide bonds. The van der Waals surface area contributed by atoms with E-state index in [4.69, 9.17) is 0 Å². The Morgan fingerprint density at radius 2 is 2.11 bits per heavy atom. The van der Waals surface area contributed by atoms with Crippen LogP contribution in [0.2, 0.25) is 0 Å². The summed E-state index contributed by atoms with van der Waals surface area (Å²) in [5, 5.41) is 0. The molecule has 0 aliphatic carbocycles. The van der Waals surface area contributed by atoms with Crippen LogP contribution in [0.5, 0.6) is 0 Å². The molecule has 1 nitrogen and oxygen atoms in total. The Balaban J connectivity index is 3.04. The van der Waals surface area contributed by atoms with Crippen LogP contribution in [0.4, 0.5) is 0 Å². The monoisotopic (exact) mass is 141 g/mol. The second-order valence-corrected chi connectivity index (χ2v) is 3.03. The number of hydrogen-bond acceptors (Lipinski definition) is 2. The number of aryl methyl sites for hydroxylation is 2. The molecule has 0 bridgehead atoms. The van der Waals surface area contributed by atoms with Crippen molar-refractivity contribution < 1.29 is 0 Å². The van der Waals surface area contributed by atoms with Crippen molar-refractivity contribution in [1.29, 1.82) is 0 Å². The van der Waals surface area contributed by atoms with Gasteiger partial charge in [0.1, 0.15) is 0 Å². The summed E-state index contributed by atoms with van der Waals surface area (Å²) in [4.78, 5) is 1.42. The van der Waals surface area contributed by atoms with Gasteiger partial charge in [0.15, 0.2) is 0 Å². The van der Waals surface area contributed by atoms with E-state index in [0.29, 0.717) is 0 Å². The molecule has 0 aromatic carbocycles. The molecule has 0 N–H and O–H groups in total. The van der Waals surface area contributed by atoms with Crippen LogP contribution in [-0.2, 0) is 6.42 Å². The average Bonchev–Trinajstić information content (AvgIpc) is 2.15. The van der Waals surface area contributed by atoms with Gasteiger partial charge in [0.25, 0.3) is 0 Å². The summed E-state index contributed by atoms with van der Waals surface area (Å²) in [6, 6.07) is 0. The SMILES string of the molecule is CCc1snc(C)c1C. The van der Waals surface area contributed by atoms with Gasteiger partial charge >= 0.3 is 0 Å². The van der Waals surface area contributed by atoms with E-state index >= 15 is 0 Å². The van der Waals surface area contributed by atoms with Crippen molar-refractivity contribution in [2.75, 3.05) is 0 Å². The lowest BCUT2D eigenvalue weighted by Gasteiger charge is -1.88. The topological polar surface area (TPSA) is 12.9 Å². The molecule has 0 atom stereocenters. The Hall–Kier alpha value is -0.370. The lowest BCUT2D eigenvalue weighted by Crippen LogP contribution is -1.78. The average molecular weight is 141 g/mol. The van der Waals surface area contributed by atoms with Crippen molar-refractivity contribution in [3.05, 3.63) is 16.1 Å². The molecule has 0 radical (unpaired) electrons. The van der Waals surface area contributed by atoms with Gasteiger partial charge in [0.05, 0.1) is 5.69 Å². The second-order valence-electron chi connectivity index (χ2n) is 2.17. The molecule has 0 unspecified atom stereocenters. The van der Waals surface area contributed by atoms with Gasteiger partial charge in [0, 0.05) is 4.88 Å². The van der Waals surface area contributed by atoms with Crippen LogP contribution in [0.25, 0.3) is 0 Å². The van der Waals surface area contributed by atoms with Crippen molar-refractivity contribution >= 4 is 11.5 Å². The summed E-state index contributed by atoms with van der Waals surface area (Å²) in [5.41, 5.74) is 2.57. The van der Waals surface area contributed by atoms with Crippen LogP contribution in [-0.4, -0.2) is 4.37 Å². The summed E-state index contributed by atoms with van der Waals surface area (Å²) in [5.74, 6) is 0. The summed E-state index contributed by atoms with van der Waals surface area (Å²) < 4.78 is 4.23. The van der Waals surface area contributed by atoms with Gasteiger partial charge in [-0.1, -0.05) is 6.92 Å². The summed E-state index contributed by atoms with van der Waals surface area (Å²) >= 11 is 1.63. The molecule has 1 aromatic heterocycles. The molecule has 1 aromatic rings. The minimum absolute atomic E-state index is 1.12. The highest BCUT2D eigenvalue weighted by molar-refractivity contribution is 7.06. The van der Waals surface area contributed by atoms with Gasteiger partial charge in [-0.05, 0) is 37.4 Å². The molecule has 1 rings (SSSR count). The normalized spacial score (nSPS) is 10.1. The zero-order chi connectivity index (χ0) is 6.85. The van der Waals surface area contributed by atoms with Crippen LogP contribution in [0.3, 0.4) is 0 Å². The summed E-state index contributed by atoms with van der Waals surface area (Å²) in [6.45, 7) is 6.36. The second kappa shape index (κ2) is 2.48. The van der Waals surface area contributed by atoms with Crippen molar-refractivity contribution in [2.24, 2.45) is 0 Å². The number of nitrogens with zero attached hydrogens (tertiary/aromatic N) is 1. The molecular weight excluding hydrogens is 130 g/mol. The molecule has 0 fully saturated rings. The van der Waals surface area contributed by atoms with Crippen LogP contribution in [0.15, 0.2) is 0 Å². The minimum atomic E-state index is 1.12. The quantitative estimate of drug-likeness (QED) is 0.585. The molecule has 9 heavy (non-hydrogen) atoms. The molecule has 1 heterocycles. The summed E-state index contributed by atoms with van der Waals surface area (Å²) in [6.07, 6.45) is 1.12. The molecule has 2 heteroatoms. The molecule has 0 aliphatic heterocycles. The van der Waals surface area contributed by atoms with Crippen molar-refractivity contribution in [2.45, 2.75) is 27.2 Å². The number of hydrogen-bond donors (Lipinski definition) is 0. The Kier molecular flexibility index (Phi) is 1.86. The molecule has 50 valence electrons. The van der Waals surface area contributed by atoms with E-state index < -0.39 is 0 Å². The zero-order valence-electron chi connectivity index (χ0n) is 6.06. The Morgan fingerprint density at radius 3 is 2.33 bits per heavy atom. The maximum absolute atomic E-state index is 4.23. The standard InChI is InChI=1S/C7H11NS/c1-4-7-5(2)6(3)8-9-7/h4H2,1-3H3. The first-order chi connectivity index (χ1) is 4.25. The third kappa shape index (κ3) is 1.13. The van der Waals surface area contributed by atoms with E-state index in [-0.39, 0.29) is 0 Å². The predicted octanol–water partition coefficient (Wildman–Crippen LogP) is 2.32. The molecule has 0 saturated carbocycles. The fraction of sp³-hybridized carbons (Fsp3) is 0.571. The fourth-order valence-corrected chi connectivity index (χ4v) is 1.59. The molecule has 0 aliphatic rings. The first kappa shape index (κ1) is 6.75. The first-order valence-electron chi connectivity index (χ1n) is 3.17. The molecule has 0 spiro atoms. The highest BCUT2D eigenvalue weighted by Gasteiger charge is 2.01. The first-order valence-corrected chi connectivity index (χ1v) is 3.94. The van der Waals surface area contributed by atoms with Gasteiger partial charge in [-0.25, -0.2) is 0 Å². The Bertz CT molecular complexity index is 203. The third-order valence-electron chi connectivity index (χ3n) is 1.57. The van der Waals surface area contributed by atoms with E-state index in [9.17, 15) is 0 Å². The zero-order valence-corrected chi connectivity index (χ0v) is 6.88. The van der Waals surface area contributed by atoms with Gasteiger partial charge in [0.2, 0.25) is 0 Å². The molecular formula is C7H11NS. The highest BCUT2D eigenvalue weighted by atomic mass is 32.1.